The number of ether oxygens (including phenoxy) is 1. The Hall–Kier alpha value is -2.81. The molecule has 1 aromatic heterocycles. The maximum Gasteiger partial charge on any atom is 0.258 e. The first-order chi connectivity index (χ1) is 13.0. The molecule has 3 rings (SSSR count). The molecule has 0 aliphatic carbocycles. The van der Waals surface area contributed by atoms with E-state index in [4.69, 9.17) is 4.74 Å². The fraction of sp³-hybridized carbons (Fsp3) is 0.389. The number of fused-ring (bicyclic) bond motifs is 1. The Bertz CT molecular complexity index is 868. The molecule has 1 aromatic carbocycles. The Morgan fingerprint density at radius 3 is 2.74 bits per heavy atom. The summed E-state index contributed by atoms with van der Waals surface area (Å²) in [5.41, 5.74) is 0.0242. The number of amides is 2. The molecule has 0 bridgehead atoms. The van der Waals surface area contributed by atoms with Crippen LogP contribution in [0.1, 0.15) is 34.6 Å². The maximum atomic E-state index is 14.5. The molecular weight excluding hydrogens is 358 g/mol. The lowest BCUT2D eigenvalue weighted by Gasteiger charge is -2.25. The fourth-order valence-electron chi connectivity index (χ4n) is 3.23. The van der Waals surface area contributed by atoms with Crippen molar-refractivity contribution in [2.75, 3.05) is 20.3 Å². The summed E-state index contributed by atoms with van der Waals surface area (Å²) in [6.07, 6.45) is 1.57. The van der Waals surface area contributed by atoms with E-state index in [2.05, 4.69) is 10.4 Å². The SMILES string of the molecule is CCn1nccc1CN1C(=O)c2c(F)ccc(F)c2C1C(=O)NCCOC. The van der Waals surface area contributed by atoms with Crippen molar-refractivity contribution in [2.45, 2.75) is 26.1 Å². The van der Waals surface area contributed by atoms with Crippen molar-refractivity contribution in [3.63, 3.8) is 0 Å². The first kappa shape index (κ1) is 19.0. The third kappa shape index (κ3) is 3.42. The fourth-order valence-corrected chi connectivity index (χ4v) is 3.23. The van der Waals surface area contributed by atoms with Crippen molar-refractivity contribution in [3.8, 4) is 0 Å². The monoisotopic (exact) mass is 378 g/mol. The smallest absolute Gasteiger partial charge is 0.258 e. The molecule has 27 heavy (non-hydrogen) atoms. The van der Waals surface area contributed by atoms with Gasteiger partial charge in [0, 0.05) is 32.0 Å². The normalized spacial score (nSPS) is 15.9. The van der Waals surface area contributed by atoms with Crippen LogP contribution in [0.5, 0.6) is 0 Å². The van der Waals surface area contributed by atoms with Gasteiger partial charge in [-0.2, -0.15) is 5.10 Å². The van der Waals surface area contributed by atoms with Crippen LogP contribution < -0.4 is 5.32 Å². The first-order valence-electron chi connectivity index (χ1n) is 8.55. The molecule has 2 amide bonds. The maximum absolute atomic E-state index is 14.5. The van der Waals surface area contributed by atoms with Crippen LogP contribution >= 0.6 is 0 Å². The summed E-state index contributed by atoms with van der Waals surface area (Å²) in [7, 11) is 1.48. The number of aryl methyl sites for hydroxylation is 1. The van der Waals surface area contributed by atoms with Gasteiger partial charge in [0.2, 0.25) is 5.91 Å². The molecule has 0 saturated carbocycles. The van der Waals surface area contributed by atoms with Crippen LogP contribution in [0.3, 0.4) is 0 Å². The minimum atomic E-state index is -1.26. The second-order valence-corrected chi connectivity index (χ2v) is 6.08. The van der Waals surface area contributed by atoms with Gasteiger partial charge in [-0.15, -0.1) is 0 Å². The minimum Gasteiger partial charge on any atom is -0.383 e. The van der Waals surface area contributed by atoms with Gasteiger partial charge in [0.25, 0.3) is 5.91 Å². The second kappa shape index (κ2) is 7.83. The third-order valence-electron chi connectivity index (χ3n) is 4.49. The summed E-state index contributed by atoms with van der Waals surface area (Å²) in [5.74, 6) is -2.96. The number of hydrogen-bond donors (Lipinski definition) is 1. The lowest BCUT2D eigenvalue weighted by atomic mass is 10.0. The van der Waals surface area contributed by atoms with Crippen LogP contribution in [-0.4, -0.2) is 46.8 Å². The molecular formula is C18H20F2N4O3. The Kier molecular flexibility index (Phi) is 5.50. The van der Waals surface area contributed by atoms with Crippen molar-refractivity contribution in [1.82, 2.24) is 20.0 Å². The standard InChI is InChI=1S/C18H20F2N4O3/c1-3-24-11(6-7-22-24)10-23-16(17(25)21-8-9-27-2)14-12(19)4-5-13(20)15(14)18(23)26/h4-7,16H,3,8-10H2,1-2H3,(H,21,25). The molecule has 144 valence electrons. The number of nitrogens with one attached hydrogen (secondary N) is 1. The molecule has 0 spiro atoms. The number of aromatic nitrogens is 2. The van der Waals surface area contributed by atoms with Crippen molar-refractivity contribution >= 4 is 11.8 Å². The number of rotatable bonds is 7. The van der Waals surface area contributed by atoms with Crippen molar-refractivity contribution < 1.29 is 23.1 Å². The average Bonchev–Trinajstić information content (AvgIpc) is 3.22. The molecule has 2 aromatic rings. The van der Waals surface area contributed by atoms with Gasteiger partial charge in [-0.1, -0.05) is 0 Å². The van der Waals surface area contributed by atoms with Gasteiger partial charge >= 0.3 is 0 Å². The van der Waals surface area contributed by atoms with E-state index in [0.29, 0.717) is 12.2 Å². The highest BCUT2D eigenvalue weighted by Gasteiger charge is 2.45. The van der Waals surface area contributed by atoms with Crippen molar-refractivity contribution in [3.05, 3.63) is 52.9 Å². The summed E-state index contributed by atoms with van der Waals surface area (Å²) in [6, 6.07) is 2.26. The lowest BCUT2D eigenvalue weighted by molar-refractivity contribution is -0.126. The number of carbonyl (C=O) groups excluding carboxylic acids is 2. The van der Waals surface area contributed by atoms with Gasteiger partial charge in [0.05, 0.1) is 24.4 Å². The predicted octanol–water partition coefficient (Wildman–Crippen LogP) is 1.64. The summed E-state index contributed by atoms with van der Waals surface area (Å²) in [6.45, 7) is 2.89. The molecule has 1 aliphatic rings. The Morgan fingerprint density at radius 2 is 2.04 bits per heavy atom. The average molecular weight is 378 g/mol. The van der Waals surface area contributed by atoms with E-state index in [9.17, 15) is 18.4 Å². The van der Waals surface area contributed by atoms with Crippen molar-refractivity contribution in [1.29, 1.82) is 0 Å². The Balaban J connectivity index is 2.00. The van der Waals surface area contributed by atoms with E-state index in [1.807, 2.05) is 6.92 Å². The Morgan fingerprint density at radius 1 is 1.30 bits per heavy atom. The number of halogens is 2. The molecule has 1 atom stereocenters. The van der Waals surface area contributed by atoms with E-state index in [0.717, 1.165) is 12.1 Å². The zero-order valence-corrected chi connectivity index (χ0v) is 15.0. The highest BCUT2D eigenvalue weighted by molar-refractivity contribution is 6.05. The van der Waals surface area contributed by atoms with E-state index in [1.165, 1.54) is 12.0 Å². The molecule has 2 heterocycles. The summed E-state index contributed by atoms with van der Waals surface area (Å²) >= 11 is 0. The van der Waals surface area contributed by atoms with Crippen LogP contribution in [0.15, 0.2) is 24.4 Å². The number of carbonyl (C=O) groups is 2. The minimum absolute atomic E-state index is 0.00258. The van der Waals surface area contributed by atoms with Gasteiger partial charge in [-0.3, -0.25) is 14.3 Å². The highest BCUT2D eigenvalue weighted by Crippen LogP contribution is 2.38. The van der Waals surface area contributed by atoms with Crippen LogP contribution in [0, 0.1) is 11.6 Å². The zero-order valence-electron chi connectivity index (χ0n) is 15.0. The van der Waals surface area contributed by atoms with E-state index in [1.54, 1.807) is 16.9 Å². The highest BCUT2D eigenvalue weighted by atomic mass is 19.1. The van der Waals surface area contributed by atoms with Crippen LogP contribution in [0.25, 0.3) is 0 Å². The first-order valence-corrected chi connectivity index (χ1v) is 8.55. The van der Waals surface area contributed by atoms with Gasteiger partial charge < -0.3 is 15.0 Å². The topological polar surface area (TPSA) is 76.5 Å². The molecule has 0 fully saturated rings. The number of methoxy groups -OCH3 is 1. The van der Waals surface area contributed by atoms with Crippen LogP contribution in [0.2, 0.25) is 0 Å². The molecule has 1 N–H and O–H groups in total. The van der Waals surface area contributed by atoms with Gasteiger partial charge in [0.15, 0.2) is 0 Å². The van der Waals surface area contributed by atoms with E-state index in [-0.39, 0.29) is 25.3 Å². The van der Waals surface area contributed by atoms with E-state index >= 15 is 0 Å². The van der Waals surface area contributed by atoms with Gasteiger partial charge in [0.1, 0.15) is 17.7 Å². The number of hydrogen-bond acceptors (Lipinski definition) is 4. The molecule has 9 heteroatoms. The third-order valence-corrected chi connectivity index (χ3v) is 4.49. The molecule has 1 aliphatic heterocycles. The molecule has 0 radical (unpaired) electrons. The Labute approximate surface area is 154 Å². The molecule has 1 unspecified atom stereocenters. The largest absolute Gasteiger partial charge is 0.383 e. The lowest BCUT2D eigenvalue weighted by Crippen LogP contribution is -2.40. The van der Waals surface area contributed by atoms with Crippen LogP contribution in [0.4, 0.5) is 8.78 Å². The van der Waals surface area contributed by atoms with Crippen molar-refractivity contribution in [2.24, 2.45) is 0 Å². The second-order valence-electron chi connectivity index (χ2n) is 6.08. The van der Waals surface area contributed by atoms with Gasteiger partial charge in [-0.25, -0.2) is 8.78 Å². The van der Waals surface area contributed by atoms with E-state index < -0.39 is 35.1 Å². The quantitative estimate of drug-likeness (QED) is 0.744. The number of benzene rings is 1. The summed E-state index contributed by atoms with van der Waals surface area (Å²) in [4.78, 5) is 26.7. The molecule has 7 nitrogen and oxygen atoms in total. The predicted molar refractivity (Wildman–Crippen MR) is 91.8 cm³/mol. The molecule has 0 saturated heterocycles. The summed E-state index contributed by atoms with van der Waals surface area (Å²) < 4.78 is 35.3. The zero-order chi connectivity index (χ0) is 19.6. The number of nitrogens with zero attached hydrogens (tertiary/aromatic N) is 3. The summed E-state index contributed by atoms with van der Waals surface area (Å²) in [5, 5.41) is 6.73. The van der Waals surface area contributed by atoms with Gasteiger partial charge in [-0.05, 0) is 25.1 Å². The van der Waals surface area contributed by atoms with Crippen LogP contribution in [-0.2, 0) is 22.6 Å².